The van der Waals surface area contributed by atoms with Crippen molar-refractivity contribution < 1.29 is 9.59 Å². The van der Waals surface area contributed by atoms with Crippen molar-refractivity contribution in [1.29, 1.82) is 0 Å². The molecular weight excluding hydrogens is 408 g/mol. The molecule has 2 aromatic heterocycles. The first-order valence-electron chi connectivity index (χ1n) is 8.99. The molecule has 0 fully saturated rings. The Morgan fingerprint density at radius 1 is 1.31 bits per heavy atom. The van der Waals surface area contributed by atoms with E-state index in [9.17, 15) is 14.4 Å². The van der Waals surface area contributed by atoms with Crippen LogP contribution in [0.25, 0.3) is 10.2 Å². The van der Waals surface area contributed by atoms with Gasteiger partial charge in [-0.2, -0.15) is 0 Å². The summed E-state index contributed by atoms with van der Waals surface area (Å²) in [7, 11) is 0. The first kappa shape index (κ1) is 21.1. The minimum atomic E-state index is -0.501. The van der Waals surface area contributed by atoms with Crippen molar-refractivity contribution in [3.05, 3.63) is 55.9 Å². The third-order valence-corrected chi connectivity index (χ3v) is 6.94. The lowest BCUT2D eigenvalue weighted by atomic mass is 10.1. The number of amides is 2. The maximum Gasteiger partial charge on any atom is 0.259 e. The third-order valence-electron chi connectivity index (χ3n) is 4.69. The van der Waals surface area contributed by atoms with Crippen LogP contribution in [0.1, 0.15) is 39.1 Å². The van der Waals surface area contributed by atoms with Gasteiger partial charge >= 0.3 is 0 Å². The summed E-state index contributed by atoms with van der Waals surface area (Å²) >= 11 is 2.88. The Balaban J connectivity index is 1.66. The van der Waals surface area contributed by atoms with Crippen molar-refractivity contribution in [3.8, 4) is 0 Å². The number of thiophene rings is 1. The number of primary amides is 1. The van der Waals surface area contributed by atoms with Gasteiger partial charge in [-0.05, 0) is 57.0 Å². The smallest absolute Gasteiger partial charge is 0.259 e. The molecule has 4 N–H and O–H groups in total. The highest BCUT2D eigenvalue weighted by atomic mass is 32.2. The summed E-state index contributed by atoms with van der Waals surface area (Å²) in [5.74, 6) is 0.288. The lowest BCUT2D eigenvalue weighted by Crippen LogP contribution is -2.23. The van der Waals surface area contributed by atoms with Crippen LogP contribution < -0.4 is 16.6 Å². The van der Waals surface area contributed by atoms with Gasteiger partial charge in [0.1, 0.15) is 10.7 Å². The molecule has 1 aromatic carbocycles. The van der Waals surface area contributed by atoms with Crippen molar-refractivity contribution in [2.75, 3.05) is 5.32 Å². The molecule has 0 aliphatic carbocycles. The van der Waals surface area contributed by atoms with E-state index < -0.39 is 5.91 Å². The number of fused-ring (bicyclic) bond motifs is 1. The minimum Gasteiger partial charge on any atom is -0.366 e. The Morgan fingerprint density at radius 3 is 2.69 bits per heavy atom. The normalized spacial score (nSPS) is 12.1. The number of rotatable bonds is 6. The van der Waals surface area contributed by atoms with Gasteiger partial charge in [0.05, 0.1) is 16.4 Å². The van der Waals surface area contributed by atoms with E-state index in [1.807, 2.05) is 13.8 Å². The Labute approximate surface area is 176 Å². The summed E-state index contributed by atoms with van der Waals surface area (Å²) in [6.07, 6.45) is 0. The molecule has 3 rings (SSSR count). The maximum atomic E-state index is 12.5. The number of hydrogen-bond acceptors (Lipinski definition) is 6. The SMILES string of the molecule is Cc1cc(NC(=O)C(C)SCc2nc3sc(C)c(C)c3c(=O)[nH]2)ccc1C(N)=O. The first-order chi connectivity index (χ1) is 13.7. The Hall–Kier alpha value is -2.65. The molecule has 1 unspecified atom stereocenters. The second-order valence-corrected chi connectivity index (χ2v) is 9.34. The van der Waals surface area contributed by atoms with Gasteiger partial charge in [0.15, 0.2) is 0 Å². The van der Waals surface area contributed by atoms with E-state index >= 15 is 0 Å². The molecule has 2 amide bonds. The number of H-pyrrole nitrogens is 1. The second kappa shape index (κ2) is 8.38. The van der Waals surface area contributed by atoms with Crippen molar-refractivity contribution in [2.24, 2.45) is 5.73 Å². The first-order valence-corrected chi connectivity index (χ1v) is 10.9. The number of benzene rings is 1. The van der Waals surface area contributed by atoms with Gasteiger partial charge in [0.25, 0.3) is 5.56 Å². The predicted molar refractivity (Wildman–Crippen MR) is 119 cm³/mol. The zero-order valence-electron chi connectivity index (χ0n) is 16.6. The molecule has 152 valence electrons. The number of aryl methyl sites for hydroxylation is 3. The average molecular weight is 431 g/mol. The standard InChI is InChI=1S/C20H22N4O3S2/c1-9-7-13(5-6-14(9)17(21)25)22-18(26)12(4)28-8-15-23-19(27)16-10(2)11(3)29-20(16)24-15/h5-7,12H,8H2,1-4H3,(H2,21,25)(H,22,26)(H,23,24,27). The van der Waals surface area contributed by atoms with Crippen molar-refractivity contribution in [3.63, 3.8) is 0 Å². The Bertz CT molecular complexity index is 1170. The predicted octanol–water partition coefficient (Wildman–Crippen LogP) is 3.27. The van der Waals surface area contributed by atoms with Crippen LogP contribution in [0.3, 0.4) is 0 Å². The molecule has 1 atom stereocenters. The number of anilines is 1. The van der Waals surface area contributed by atoms with E-state index in [-0.39, 0.29) is 16.7 Å². The van der Waals surface area contributed by atoms with E-state index in [0.29, 0.717) is 33.8 Å². The number of nitrogens with one attached hydrogen (secondary N) is 2. The van der Waals surface area contributed by atoms with Crippen LogP contribution in [0.4, 0.5) is 5.69 Å². The van der Waals surface area contributed by atoms with E-state index in [2.05, 4.69) is 15.3 Å². The van der Waals surface area contributed by atoms with Gasteiger partial charge in [-0.1, -0.05) is 0 Å². The summed E-state index contributed by atoms with van der Waals surface area (Å²) in [5, 5.41) is 3.11. The topological polar surface area (TPSA) is 118 Å². The zero-order valence-corrected chi connectivity index (χ0v) is 18.2. The highest BCUT2D eigenvalue weighted by Gasteiger charge is 2.17. The molecule has 3 aromatic rings. The number of nitrogens with two attached hydrogens (primary N) is 1. The van der Waals surface area contributed by atoms with Crippen LogP contribution in [0.5, 0.6) is 0 Å². The van der Waals surface area contributed by atoms with Crippen LogP contribution in [0.2, 0.25) is 0 Å². The van der Waals surface area contributed by atoms with E-state index in [1.54, 1.807) is 32.0 Å². The summed E-state index contributed by atoms with van der Waals surface area (Å²) in [4.78, 5) is 45.3. The fourth-order valence-corrected chi connectivity index (χ4v) is 4.71. The number of carbonyl (C=O) groups excluding carboxylic acids is 2. The molecule has 7 nitrogen and oxygen atoms in total. The van der Waals surface area contributed by atoms with Gasteiger partial charge in [-0.15, -0.1) is 23.1 Å². The van der Waals surface area contributed by atoms with Crippen LogP contribution in [-0.2, 0) is 10.5 Å². The Morgan fingerprint density at radius 2 is 2.03 bits per heavy atom. The quantitative estimate of drug-likeness (QED) is 0.555. The lowest BCUT2D eigenvalue weighted by Gasteiger charge is -2.13. The number of carbonyl (C=O) groups is 2. The summed E-state index contributed by atoms with van der Waals surface area (Å²) < 4.78 is 0. The zero-order chi connectivity index (χ0) is 21.3. The molecule has 0 radical (unpaired) electrons. The van der Waals surface area contributed by atoms with Gasteiger partial charge in [0.2, 0.25) is 11.8 Å². The number of nitrogens with zero attached hydrogens (tertiary/aromatic N) is 1. The van der Waals surface area contributed by atoms with Gasteiger partial charge < -0.3 is 16.0 Å². The van der Waals surface area contributed by atoms with Crippen molar-refractivity contribution in [2.45, 2.75) is 38.7 Å². The molecular formula is C20H22N4O3S2. The summed E-state index contributed by atoms with van der Waals surface area (Å²) in [5.41, 5.74) is 7.85. The maximum absolute atomic E-state index is 12.5. The van der Waals surface area contributed by atoms with Crippen LogP contribution >= 0.6 is 23.1 Å². The fourth-order valence-electron chi connectivity index (χ4n) is 2.91. The van der Waals surface area contributed by atoms with Crippen molar-refractivity contribution >= 4 is 50.8 Å². The number of aromatic amines is 1. The minimum absolute atomic E-state index is 0.144. The molecule has 0 saturated heterocycles. The van der Waals surface area contributed by atoms with Gasteiger partial charge in [0, 0.05) is 16.1 Å². The number of thioether (sulfide) groups is 1. The number of aromatic nitrogens is 2. The van der Waals surface area contributed by atoms with Gasteiger partial charge in [-0.25, -0.2) is 4.98 Å². The second-order valence-electron chi connectivity index (χ2n) is 6.81. The average Bonchev–Trinajstić information content (AvgIpc) is 2.93. The van der Waals surface area contributed by atoms with E-state index in [0.717, 1.165) is 15.3 Å². The molecule has 0 spiro atoms. The number of hydrogen-bond donors (Lipinski definition) is 3. The molecule has 9 heteroatoms. The van der Waals surface area contributed by atoms with E-state index in [1.165, 1.54) is 23.1 Å². The molecule has 2 heterocycles. The summed E-state index contributed by atoms with van der Waals surface area (Å²) in [6, 6.07) is 4.96. The van der Waals surface area contributed by atoms with E-state index in [4.69, 9.17) is 5.73 Å². The largest absolute Gasteiger partial charge is 0.366 e. The van der Waals surface area contributed by atoms with Crippen LogP contribution in [-0.4, -0.2) is 27.0 Å². The molecule has 0 bridgehead atoms. The highest BCUT2D eigenvalue weighted by Crippen LogP contribution is 2.26. The third kappa shape index (κ3) is 4.51. The molecule has 0 aliphatic rings. The monoisotopic (exact) mass is 430 g/mol. The molecule has 0 saturated carbocycles. The van der Waals surface area contributed by atoms with Gasteiger partial charge in [-0.3, -0.25) is 14.4 Å². The molecule has 0 aliphatic heterocycles. The molecule has 29 heavy (non-hydrogen) atoms. The Kier molecular flexibility index (Phi) is 6.09. The lowest BCUT2D eigenvalue weighted by molar-refractivity contribution is -0.115. The van der Waals surface area contributed by atoms with Crippen LogP contribution in [0.15, 0.2) is 23.0 Å². The summed E-state index contributed by atoms with van der Waals surface area (Å²) in [6.45, 7) is 7.45. The van der Waals surface area contributed by atoms with Crippen molar-refractivity contribution in [1.82, 2.24) is 9.97 Å². The highest BCUT2D eigenvalue weighted by molar-refractivity contribution is 7.99. The fraction of sp³-hybridized carbons (Fsp3) is 0.300. The van der Waals surface area contributed by atoms with Crippen LogP contribution in [0, 0.1) is 20.8 Å².